The molecule has 98 valence electrons. The number of non-ortho nitro benzene ring substituents is 1. The fraction of sp³-hybridized carbons (Fsp3) is 0.571. The molecular formula is C14H20N2O2. The molecule has 0 bridgehead atoms. The monoisotopic (exact) mass is 248 g/mol. The van der Waals surface area contributed by atoms with Gasteiger partial charge >= 0.3 is 0 Å². The van der Waals surface area contributed by atoms with E-state index in [1.54, 1.807) is 12.1 Å². The molecule has 0 N–H and O–H groups in total. The van der Waals surface area contributed by atoms with E-state index in [1.807, 2.05) is 6.07 Å². The van der Waals surface area contributed by atoms with Crippen LogP contribution in [-0.2, 0) is 6.42 Å². The molecule has 0 aliphatic carbocycles. The molecule has 0 amide bonds. The molecule has 0 unspecified atom stereocenters. The standard InChI is InChI=1S/C14H20N2O2/c1-3-12-10-13(16(17)18)7-8-14(12)15-9-5-4-6-11(15)2/h7-8,10-11H,3-6,9H2,1-2H3/t11-/m1/s1. The van der Waals surface area contributed by atoms with Crippen molar-refractivity contribution in [3.63, 3.8) is 0 Å². The Kier molecular flexibility index (Phi) is 3.84. The molecule has 4 nitrogen and oxygen atoms in total. The zero-order valence-corrected chi connectivity index (χ0v) is 11.1. The lowest BCUT2D eigenvalue weighted by molar-refractivity contribution is -0.384. The smallest absolute Gasteiger partial charge is 0.269 e. The summed E-state index contributed by atoms with van der Waals surface area (Å²) in [6.07, 6.45) is 4.54. The second kappa shape index (κ2) is 5.38. The Hall–Kier alpha value is -1.58. The molecule has 1 aliphatic heterocycles. The average molecular weight is 248 g/mol. The lowest BCUT2D eigenvalue weighted by Gasteiger charge is -2.36. The van der Waals surface area contributed by atoms with Crippen molar-refractivity contribution < 1.29 is 4.92 Å². The maximum atomic E-state index is 10.8. The predicted molar refractivity (Wildman–Crippen MR) is 73.1 cm³/mol. The molecule has 4 heteroatoms. The molecule has 18 heavy (non-hydrogen) atoms. The van der Waals surface area contributed by atoms with Gasteiger partial charge in [0.1, 0.15) is 0 Å². The van der Waals surface area contributed by atoms with Crippen molar-refractivity contribution in [2.45, 2.75) is 45.6 Å². The fourth-order valence-corrected chi connectivity index (χ4v) is 2.70. The van der Waals surface area contributed by atoms with Crippen molar-refractivity contribution in [1.82, 2.24) is 0 Å². The van der Waals surface area contributed by atoms with Crippen LogP contribution in [0.2, 0.25) is 0 Å². The molecule has 1 fully saturated rings. The first-order valence-electron chi connectivity index (χ1n) is 6.67. The highest BCUT2D eigenvalue weighted by atomic mass is 16.6. The van der Waals surface area contributed by atoms with E-state index in [9.17, 15) is 10.1 Å². The number of nitrogens with zero attached hydrogens (tertiary/aromatic N) is 2. The van der Waals surface area contributed by atoms with Crippen LogP contribution in [-0.4, -0.2) is 17.5 Å². The summed E-state index contributed by atoms with van der Waals surface area (Å²) in [5, 5.41) is 10.8. The van der Waals surface area contributed by atoms with Crippen molar-refractivity contribution >= 4 is 11.4 Å². The minimum Gasteiger partial charge on any atom is -0.369 e. The van der Waals surface area contributed by atoms with Gasteiger partial charge in [0, 0.05) is 30.4 Å². The first-order chi connectivity index (χ1) is 8.63. The highest BCUT2D eigenvalue weighted by molar-refractivity contribution is 5.58. The van der Waals surface area contributed by atoms with Crippen LogP contribution in [0.5, 0.6) is 0 Å². The number of hydrogen-bond acceptors (Lipinski definition) is 3. The van der Waals surface area contributed by atoms with E-state index >= 15 is 0 Å². The summed E-state index contributed by atoms with van der Waals surface area (Å²) in [6, 6.07) is 5.79. The normalized spacial score (nSPS) is 19.9. The molecule has 1 atom stereocenters. The Morgan fingerprint density at radius 3 is 2.83 bits per heavy atom. The van der Waals surface area contributed by atoms with Gasteiger partial charge in [-0.15, -0.1) is 0 Å². The Morgan fingerprint density at radius 1 is 1.44 bits per heavy atom. The topological polar surface area (TPSA) is 46.4 Å². The Bertz CT molecular complexity index is 445. The van der Waals surface area contributed by atoms with Crippen LogP contribution >= 0.6 is 0 Å². The second-order valence-electron chi connectivity index (χ2n) is 4.96. The number of nitro benzene ring substituents is 1. The molecule has 0 aromatic heterocycles. The van der Waals surface area contributed by atoms with Crippen molar-refractivity contribution in [3.8, 4) is 0 Å². The summed E-state index contributed by atoms with van der Waals surface area (Å²) < 4.78 is 0. The van der Waals surface area contributed by atoms with Crippen molar-refractivity contribution in [3.05, 3.63) is 33.9 Å². The molecule has 1 aromatic rings. The van der Waals surface area contributed by atoms with E-state index < -0.39 is 0 Å². The quantitative estimate of drug-likeness (QED) is 0.607. The summed E-state index contributed by atoms with van der Waals surface area (Å²) in [5.41, 5.74) is 2.45. The Morgan fingerprint density at radius 2 is 2.22 bits per heavy atom. The minimum absolute atomic E-state index is 0.195. The van der Waals surface area contributed by atoms with Gasteiger partial charge in [-0.05, 0) is 44.2 Å². The van der Waals surface area contributed by atoms with Gasteiger partial charge in [-0.2, -0.15) is 0 Å². The first kappa shape index (κ1) is 12.9. The van der Waals surface area contributed by atoms with Crippen LogP contribution in [0, 0.1) is 10.1 Å². The van der Waals surface area contributed by atoms with Crippen LogP contribution in [0.25, 0.3) is 0 Å². The SMILES string of the molecule is CCc1cc([N+](=O)[O-])ccc1N1CCCC[C@H]1C. The summed E-state index contributed by atoms with van der Waals surface area (Å²) in [4.78, 5) is 12.9. The van der Waals surface area contributed by atoms with Crippen LogP contribution in [0.4, 0.5) is 11.4 Å². The lowest BCUT2D eigenvalue weighted by atomic mass is 10.00. The number of nitro groups is 1. The first-order valence-corrected chi connectivity index (χ1v) is 6.67. The Balaban J connectivity index is 2.34. The molecule has 0 spiro atoms. The largest absolute Gasteiger partial charge is 0.369 e. The molecule has 0 saturated carbocycles. The third-order valence-electron chi connectivity index (χ3n) is 3.77. The fourth-order valence-electron chi connectivity index (χ4n) is 2.70. The second-order valence-corrected chi connectivity index (χ2v) is 4.96. The van der Waals surface area contributed by atoms with Gasteiger partial charge in [0.05, 0.1) is 4.92 Å². The zero-order chi connectivity index (χ0) is 13.1. The lowest BCUT2D eigenvalue weighted by Crippen LogP contribution is -2.38. The van der Waals surface area contributed by atoms with E-state index in [2.05, 4.69) is 18.7 Å². The molecule has 1 saturated heterocycles. The van der Waals surface area contributed by atoms with E-state index in [-0.39, 0.29) is 10.6 Å². The highest BCUT2D eigenvalue weighted by Gasteiger charge is 2.21. The molecule has 0 radical (unpaired) electrons. The highest BCUT2D eigenvalue weighted by Crippen LogP contribution is 2.30. The molecule has 1 heterocycles. The van der Waals surface area contributed by atoms with Crippen LogP contribution < -0.4 is 4.90 Å². The van der Waals surface area contributed by atoms with Gasteiger partial charge < -0.3 is 4.90 Å². The van der Waals surface area contributed by atoms with Gasteiger partial charge in [-0.25, -0.2) is 0 Å². The van der Waals surface area contributed by atoms with Crippen LogP contribution in [0.15, 0.2) is 18.2 Å². The molecule has 1 aliphatic rings. The number of anilines is 1. The average Bonchev–Trinajstić information content (AvgIpc) is 2.38. The Labute approximate surface area is 108 Å². The van der Waals surface area contributed by atoms with Gasteiger partial charge in [0.15, 0.2) is 0 Å². The number of aryl methyl sites for hydroxylation is 1. The zero-order valence-electron chi connectivity index (χ0n) is 11.1. The third kappa shape index (κ3) is 2.47. The summed E-state index contributed by atoms with van der Waals surface area (Å²) in [7, 11) is 0. The maximum Gasteiger partial charge on any atom is 0.269 e. The predicted octanol–water partition coefficient (Wildman–Crippen LogP) is 3.54. The molecular weight excluding hydrogens is 228 g/mol. The summed E-state index contributed by atoms with van der Waals surface area (Å²) in [6.45, 7) is 5.35. The van der Waals surface area contributed by atoms with Crippen molar-refractivity contribution in [1.29, 1.82) is 0 Å². The minimum atomic E-state index is -0.317. The van der Waals surface area contributed by atoms with E-state index in [0.29, 0.717) is 6.04 Å². The number of rotatable bonds is 3. The van der Waals surface area contributed by atoms with Gasteiger partial charge in [0.2, 0.25) is 0 Å². The van der Waals surface area contributed by atoms with E-state index in [0.717, 1.165) is 18.5 Å². The van der Waals surface area contributed by atoms with Gasteiger partial charge in [-0.1, -0.05) is 6.92 Å². The number of piperidine rings is 1. The summed E-state index contributed by atoms with van der Waals surface area (Å²) in [5.74, 6) is 0. The maximum absolute atomic E-state index is 10.8. The van der Waals surface area contributed by atoms with Crippen LogP contribution in [0.3, 0.4) is 0 Å². The van der Waals surface area contributed by atoms with Gasteiger partial charge in [0.25, 0.3) is 5.69 Å². The van der Waals surface area contributed by atoms with E-state index in [1.165, 1.54) is 24.9 Å². The van der Waals surface area contributed by atoms with Crippen molar-refractivity contribution in [2.24, 2.45) is 0 Å². The third-order valence-corrected chi connectivity index (χ3v) is 3.77. The summed E-state index contributed by atoms with van der Waals surface area (Å²) >= 11 is 0. The number of hydrogen-bond donors (Lipinski definition) is 0. The van der Waals surface area contributed by atoms with Gasteiger partial charge in [-0.3, -0.25) is 10.1 Å². The van der Waals surface area contributed by atoms with Crippen LogP contribution in [0.1, 0.15) is 38.7 Å². The molecule has 1 aromatic carbocycles. The number of benzene rings is 1. The molecule has 2 rings (SSSR count). The van der Waals surface area contributed by atoms with Crippen molar-refractivity contribution in [2.75, 3.05) is 11.4 Å². The van der Waals surface area contributed by atoms with E-state index in [4.69, 9.17) is 0 Å².